The lowest BCUT2D eigenvalue weighted by atomic mass is 10.2. The molecule has 1 rings (SSSR count). The van der Waals surface area contributed by atoms with E-state index in [1.807, 2.05) is 5.38 Å². The minimum absolute atomic E-state index is 0.195. The monoisotopic (exact) mass is 142 g/mol. The van der Waals surface area contributed by atoms with E-state index in [2.05, 4.69) is 13.0 Å². The van der Waals surface area contributed by atoms with Gasteiger partial charge in [0, 0.05) is 4.88 Å². The fraction of sp³-hybridized carbons (Fsp3) is 0.429. The fourth-order valence-corrected chi connectivity index (χ4v) is 1.66. The van der Waals surface area contributed by atoms with Crippen LogP contribution in [0.4, 0.5) is 0 Å². The Kier molecular flexibility index (Phi) is 2.25. The van der Waals surface area contributed by atoms with Crippen LogP contribution in [0, 0.1) is 0 Å². The van der Waals surface area contributed by atoms with Crippen LogP contribution in [0.5, 0.6) is 0 Å². The Morgan fingerprint density at radius 3 is 2.89 bits per heavy atom. The summed E-state index contributed by atoms with van der Waals surface area (Å²) in [5, 5.41) is 10.8. The third kappa shape index (κ3) is 1.32. The van der Waals surface area contributed by atoms with Gasteiger partial charge in [-0.3, -0.25) is 0 Å². The number of hydrogen-bond donors (Lipinski definition) is 1. The maximum Gasteiger partial charge on any atom is 0.0777 e. The molecule has 2 heteroatoms. The van der Waals surface area contributed by atoms with Crippen molar-refractivity contribution in [3.8, 4) is 0 Å². The molecule has 0 saturated heterocycles. The molecule has 0 unspecified atom stereocenters. The van der Waals surface area contributed by atoms with Gasteiger partial charge in [0.05, 0.1) is 6.61 Å². The molecule has 0 radical (unpaired) electrons. The summed E-state index contributed by atoms with van der Waals surface area (Å²) in [5.74, 6) is 0. The van der Waals surface area contributed by atoms with Crippen molar-refractivity contribution in [2.45, 2.75) is 20.0 Å². The standard InChI is InChI=1S/C7H10OS/c1-2-6-3-4-9-7(6)5-8/h3-4,8H,2,5H2,1H3. The van der Waals surface area contributed by atoms with Crippen molar-refractivity contribution < 1.29 is 5.11 Å². The van der Waals surface area contributed by atoms with Crippen LogP contribution in [0.2, 0.25) is 0 Å². The summed E-state index contributed by atoms with van der Waals surface area (Å²) in [5.41, 5.74) is 1.28. The highest BCUT2D eigenvalue weighted by atomic mass is 32.1. The van der Waals surface area contributed by atoms with Gasteiger partial charge in [-0.25, -0.2) is 0 Å². The lowest BCUT2D eigenvalue weighted by molar-refractivity contribution is 0.284. The summed E-state index contributed by atoms with van der Waals surface area (Å²) in [6, 6.07) is 2.07. The first-order valence-corrected chi connectivity index (χ1v) is 3.92. The minimum Gasteiger partial charge on any atom is -0.391 e. The number of aliphatic hydroxyl groups is 1. The van der Waals surface area contributed by atoms with E-state index < -0.39 is 0 Å². The average molecular weight is 142 g/mol. The number of aliphatic hydroxyl groups excluding tert-OH is 1. The third-order valence-electron chi connectivity index (χ3n) is 1.36. The topological polar surface area (TPSA) is 20.2 Å². The normalized spacial score (nSPS) is 10.0. The minimum atomic E-state index is 0.195. The van der Waals surface area contributed by atoms with Crippen molar-refractivity contribution in [3.05, 3.63) is 21.9 Å². The molecule has 0 aliphatic heterocycles. The fourth-order valence-electron chi connectivity index (χ4n) is 0.821. The van der Waals surface area contributed by atoms with E-state index in [4.69, 9.17) is 5.11 Å². The Labute approximate surface area is 59.0 Å². The summed E-state index contributed by atoms with van der Waals surface area (Å²) in [7, 11) is 0. The first-order valence-electron chi connectivity index (χ1n) is 3.04. The maximum atomic E-state index is 8.75. The quantitative estimate of drug-likeness (QED) is 0.667. The molecule has 9 heavy (non-hydrogen) atoms. The zero-order chi connectivity index (χ0) is 6.69. The molecule has 1 aromatic heterocycles. The Bertz CT molecular complexity index is 162. The van der Waals surface area contributed by atoms with Crippen LogP contribution in [-0.2, 0) is 13.0 Å². The molecule has 1 nitrogen and oxygen atoms in total. The molecule has 0 fully saturated rings. The van der Waals surface area contributed by atoms with Gasteiger partial charge in [-0.1, -0.05) is 6.92 Å². The lowest BCUT2D eigenvalue weighted by Gasteiger charge is -1.92. The van der Waals surface area contributed by atoms with E-state index >= 15 is 0 Å². The van der Waals surface area contributed by atoms with Crippen LogP contribution in [0.25, 0.3) is 0 Å². The predicted molar refractivity (Wildman–Crippen MR) is 39.6 cm³/mol. The second-order valence-corrected chi connectivity index (χ2v) is 2.88. The Balaban J connectivity index is 2.85. The summed E-state index contributed by atoms with van der Waals surface area (Å²) in [6.45, 7) is 2.29. The van der Waals surface area contributed by atoms with Crippen molar-refractivity contribution in [3.63, 3.8) is 0 Å². The highest BCUT2D eigenvalue weighted by Gasteiger charge is 1.97. The molecule has 0 spiro atoms. The molecular weight excluding hydrogens is 132 g/mol. The summed E-state index contributed by atoms with van der Waals surface area (Å²) in [6.07, 6.45) is 1.03. The molecule has 0 aliphatic carbocycles. The molecular formula is C7H10OS. The molecule has 0 bridgehead atoms. The first kappa shape index (κ1) is 6.78. The van der Waals surface area contributed by atoms with Gasteiger partial charge in [-0.2, -0.15) is 0 Å². The van der Waals surface area contributed by atoms with Gasteiger partial charge in [0.2, 0.25) is 0 Å². The van der Waals surface area contributed by atoms with Crippen molar-refractivity contribution in [1.29, 1.82) is 0 Å². The van der Waals surface area contributed by atoms with Gasteiger partial charge in [0.25, 0.3) is 0 Å². The van der Waals surface area contributed by atoms with Gasteiger partial charge in [0.1, 0.15) is 0 Å². The molecule has 50 valence electrons. The van der Waals surface area contributed by atoms with Crippen LogP contribution in [0.15, 0.2) is 11.4 Å². The van der Waals surface area contributed by atoms with E-state index in [0.29, 0.717) is 0 Å². The molecule has 1 N–H and O–H groups in total. The first-order chi connectivity index (χ1) is 4.38. The number of thiophene rings is 1. The van der Waals surface area contributed by atoms with E-state index in [0.717, 1.165) is 11.3 Å². The number of rotatable bonds is 2. The molecule has 1 heterocycles. The average Bonchev–Trinajstić information content (AvgIpc) is 2.33. The van der Waals surface area contributed by atoms with Gasteiger partial charge >= 0.3 is 0 Å². The Morgan fingerprint density at radius 1 is 1.67 bits per heavy atom. The third-order valence-corrected chi connectivity index (χ3v) is 2.31. The SMILES string of the molecule is CCc1ccsc1CO. The van der Waals surface area contributed by atoms with E-state index in [1.165, 1.54) is 5.56 Å². The molecule has 0 atom stereocenters. The Morgan fingerprint density at radius 2 is 2.44 bits per heavy atom. The molecule has 0 aromatic carbocycles. The number of hydrogen-bond acceptors (Lipinski definition) is 2. The zero-order valence-corrected chi connectivity index (χ0v) is 6.24. The van der Waals surface area contributed by atoms with Gasteiger partial charge in [0.15, 0.2) is 0 Å². The molecule has 0 saturated carbocycles. The van der Waals surface area contributed by atoms with Crippen LogP contribution >= 0.6 is 11.3 Å². The van der Waals surface area contributed by atoms with Crippen molar-refractivity contribution in [1.82, 2.24) is 0 Å². The molecule has 1 aromatic rings. The van der Waals surface area contributed by atoms with E-state index in [-0.39, 0.29) is 6.61 Å². The Hall–Kier alpha value is -0.340. The second-order valence-electron chi connectivity index (χ2n) is 1.88. The van der Waals surface area contributed by atoms with E-state index in [1.54, 1.807) is 11.3 Å². The van der Waals surface area contributed by atoms with Crippen LogP contribution in [0.3, 0.4) is 0 Å². The van der Waals surface area contributed by atoms with Crippen molar-refractivity contribution >= 4 is 11.3 Å². The van der Waals surface area contributed by atoms with Gasteiger partial charge in [-0.15, -0.1) is 11.3 Å². The smallest absolute Gasteiger partial charge is 0.0777 e. The molecule has 0 aliphatic rings. The largest absolute Gasteiger partial charge is 0.391 e. The summed E-state index contributed by atoms with van der Waals surface area (Å²) < 4.78 is 0. The highest BCUT2D eigenvalue weighted by molar-refractivity contribution is 7.10. The summed E-state index contributed by atoms with van der Waals surface area (Å²) in [4.78, 5) is 1.11. The zero-order valence-electron chi connectivity index (χ0n) is 5.42. The van der Waals surface area contributed by atoms with Gasteiger partial charge < -0.3 is 5.11 Å². The van der Waals surface area contributed by atoms with Crippen LogP contribution in [-0.4, -0.2) is 5.11 Å². The summed E-state index contributed by atoms with van der Waals surface area (Å²) >= 11 is 1.62. The highest BCUT2D eigenvalue weighted by Crippen LogP contribution is 2.16. The van der Waals surface area contributed by atoms with Crippen LogP contribution in [0.1, 0.15) is 17.4 Å². The second kappa shape index (κ2) is 2.99. The van der Waals surface area contributed by atoms with Gasteiger partial charge in [-0.05, 0) is 23.4 Å². The van der Waals surface area contributed by atoms with Crippen molar-refractivity contribution in [2.24, 2.45) is 0 Å². The maximum absolute atomic E-state index is 8.75. The van der Waals surface area contributed by atoms with E-state index in [9.17, 15) is 0 Å². The van der Waals surface area contributed by atoms with Crippen LogP contribution < -0.4 is 0 Å². The lowest BCUT2D eigenvalue weighted by Crippen LogP contribution is -1.82. The predicted octanol–water partition coefficient (Wildman–Crippen LogP) is 1.80. The molecule has 0 amide bonds. The van der Waals surface area contributed by atoms with Crippen molar-refractivity contribution in [2.75, 3.05) is 0 Å². The number of aryl methyl sites for hydroxylation is 1.